The van der Waals surface area contributed by atoms with Gasteiger partial charge in [-0.05, 0) is 37.2 Å². The van der Waals surface area contributed by atoms with E-state index in [4.69, 9.17) is 0 Å². The Morgan fingerprint density at radius 1 is 0.903 bits per heavy atom. The molecule has 3 N–H and O–H groups in total. The van der Waals surface area contributed by atoms with Gasteiger partial charge in [-0.3, -0.25) is 19.6 Å². The number of aromatic nitrogens is 2. The topological polar surface area (TPSA) is 96.0 Å². The maximum absolute atomic E-state index is 12.8. The van der Waals surface area contributed by atoms with Gasteiger partial charge in [0.25, 0.3) is 0 Å². The summed E-state index contributed by atoms with van der Waals surface area (Å²) in [6.07, 6.45) is 5.69. The molecule has 1 aliphatic heterocycles. The zero-order valence-corrected chi connectivity index (χ0v) is 19.7. The van der Waals surface area contributed by atoms with Crippen LogP contribution < -0.4 is 16.0 Å². The first-order valence-electron chi connectivity index (χ1n) is 9.73. The van der Waals surface area contributed by atoms with Crippen molar-refractivity contribution in [2.75, 3.05) is 26.2 Å². The van der Waals surface area contributed by atoms with Crippen LogP contribution in [-0.4, -0.2) is 48.0 Å². The lowest BCUT2D eigenvalue weighted by Crippen LogP contribution is -2.46. The van der Waals surface area contributed by atoms with Crippen LogP contribution >= 0.6 is 37.2 Å². The van der Waals surface area contributed by atoms with E-state index in [0.29, 0.717) is 38.9 Å². The number of hydrogen-bond donors (Lipinski definition) is 3. The fraction of sp³-hybridized carbons (Fsp3) is 0.429. The van der Waals surface area contributed by atoms with Crippen LogP contribution in [-0.2, 0) is 22.4 Å². The first-order valence-corrected chi connectivity index (χ1v) is 9.73. The Morgan fingerprint density at radius 2 is 1.48 bits per heavy atom. The molecule has 10 heteroatoms. The van der Waals surface area contributed by atoms with E-state index < -0.39 is 5.41 Å². The molecule has 1 atom stereocenters. The highest BCUT2D eigenvalue weighted by molar-refractivity contribution is 5.89. The molecule has 0 bridgehead atoms. The van der Waals surface area contributed by atoms with Crippen molar-refractivity contribution in [3.05, 3.63) is 60.2 Å². The summed E-state index contributed by atoms with van der Waals surface area (Å²) >= 11 is 0. The standard InChI is InChI=1S/C21H27N5O2.3ClH/c27-19(25-12-7-17-5-1-3-10-23-17)15-21(9-14-22-16-21)20(28)26-13-8-18-6-2-4-11-24-18;;;/h1-6,10-11,22H,7-9,12-16H2,(H,25,27)(H,26,28);3*1H. The highest BCUT2D eigenvalue weighted by Gasteiger charge is 2.42. The molecule has 3 heterocycles. The summed E-state index contributed by atoms with van der Waals surface area (Å²) in [6.45, 7) is 2.30. The van der Waals surface area contributed by atoms with E-state index >= 15 is 0 Å². The number of amides is 2. The van der Waals surface area contributed by atoms with Gasteiger partial charge < -0.3 is 16.0 Å². The molecule has 0 aliphatic carbocycles. The molecule has 172 valence electrons. The second-order valence-electron chi connectivity index (χ2n) is 7.13. The van der Waals surface area contributed by atoms with Crippen LogP contribution in [0, 0.1) is 5.41 Å². The third-order valence-corrected chi connectivity index (χ3v) is 5.05. The van der Waals surface area contributed by atoms with Crippen molar-refractivity contribution >= 4 is 49.0 Å². The zero-order valence-electron chi connectivity index (χ0n) is 17.2. The molecule has 31 heavy (non-hydrogen) atoms. The number of carbonyl (C=O) groups excluding carboxylic acids is 2. The van der Waals surface area contributed by atoms with Crippen LogP contribution in [0.25, 0.3) is 0 Å². The zero-order chi connectivity index (χ0) is 19.7. The van der Waals surface area contributed by atoms with Crippen molar-refractivity contribution in [2.24, 2.45) is 5.41 Å². The molecule has 0 radical (unpaired) electrons. The first-order chi connectivity index (χ1) is 13.7. The van der Waals surface area contributed by atoms with E-state index in [0.717, 1.165) is 17.9 Å². The van der Waals surface area contributed by atoms with E-state index in [1.165, 1.54) is 0 Å². The quantitative estimate of drug-likeness (QED) is 0.500. The molecule has 2 aromatic heterocycles. The van der Waals surface area contributed by atoms with E-state index in [-0.39, 0.29) is 55.5 Å². The van der Waals surface area contributed by atoms with E-state index in [9.17, 15) is 9.59 Å². The van der Waals surface area contributed by atoms with Crippen LogP contribution in [0.1, 0.15) is 24.2 Å². The molecule has 0 spiro atoms. The molecule has 1 fully saturated rings. The highest BCUT2D eigenvalue weighted by Crippen LogP contribution is 2.30. The summed E-state index contributed by atoms with van der Waals surface area (Å²) in [5.74, 6) is -0.159. The van der Waals surface area contributed by atoms with Gasteiger partial charge in [0.15, 0.2) is 0 Å². The predicted molar refractivity (Wildman–Crippen MR) is 128 cm³/mol. The highest BCUT2D eigenvalue weighted by atomic mass is 35.5. The van der Waals surface area contributed by atoms with Crippen molar-refractivity contribution in [2.45, 2.75) is 25.7 Å². The summed E-state index contributed by atoms with van der Waals surface area (Å²) in [5.41, 5.74) is 1.19. The lowest BCUT2D eigenvalue weighted by Gasteiger charge is -2.26. The van der Waals surface area contributed by atoms with Crippen molar-refractivity contribution < 1.29 is 9.59 Å². The van der Waals surface area contributed by atoms with Crippen LogP contribution in [0.3, 0.4) is 0 Å². The van der Waals surface area contributed by atoms with Gasteiger partial charge in [-0.2, -0.15) is 0 Å². The number of hydrogen-bond acceptors (Lipinski definition) is 5. The van der Waals surface area contributed by atoms with Gasteiger partial charge in [0, 0.05) is 62.7 Å². The van der Waals surface area contributed by atoms with Crippen LogP contribution in [0.4, 0.5) is 0 Å². The predicted octanol–water partition coefficient (Wildman–Crippen LogP) is 2.13. The molecule has 1 aliphatic rings. The Morgan fingerprint density at radius 3 is 1.97 bits per heavy atom. The molecule has 2 amide bonds. The number of nitrogens with zero attached hydrogens (tertiary/aromatic N) is 2. The SMILES string of the molecule is Cl.Cl.Cl.O=C(CC1(C(=O)NCCc2ccccn2)CCNC1)NCCc1ccccn1. The number of carbonyl (C=O) groups is 2. The molecule has 0 aromatic carbocycles. The third-order valence-electron chi connectivity index (χ3n) is 5.05. The Hall–Kier alpha value is -1.93. The van der Waals surface area contributed by atoms with Crippen LogP contribution in [0.5, 0.6) is 0 Å². The molecule has 2 aromatic rings. The number of nitrogens with one attached hydrogen (secondary N) is 3. The lowest BCUT2D eigenvalue weighted by molar-refractivity contribution is -0.135. The summed E-state index contributed by atoms with van der Waals surface area (Å²) in [4.78, 5) is 33.8. The molecule has 0 saturated carbocycles. The van der Waals surface area contributed by atoms with Gasteiger partial charge in [-0.1, -0.05) is 12.1 Å². The third kappa shape index (κ3) is 8.99. The Balaban J connectivity index is 0.00000300. The Bertz CT molecular complexity index is 775. The second kappa shape index (κ2) is 15.0. The summed E-state index contributed by atoms with van der Waals surface area (Å²) in [7, 11) is 0. The van der Waals surface area contributed by atoms with Gasteiger partial charge in [0.05, 0.1) is 5.41 Å². The number of halogens is 3. The monoisotopic (exact) mass is 489 g/mol. The van der Waals surface area contributed by atoms with Gasteiger partial charge in [-0.15, -0.1) is 37.2 Å². The molecular formula is C21H30Cl3N5O2. The van der Waals surface area contributed by atoms with Gasteiger partial charge >= 0.3 is 0 Å². The number of rotatable bonds is 9. The molecule has 3 rings (SSSR count). The Kier molecular flexibility index (Phi) is 14.0. The summed E-state index contributed by atoms with van der Waals surface area (Å²) in [5, 5.41) is 9.14. The fourth-order valence-electron chi connectivity index (χ4n) is 3.45. The van der Waals surface area contributed by atoms with Crippen molar-refractivity contribution in [3.8, 4) is 0 Å². The number of pyridine rings is 2. The van der Waals surface area contributed by atoms with E-state index in [1.807, 2.05) is 36.4 Å². The van der Waals surface area contributed by atoms with Crippen molar-refractivity contribution in [1.29, 1.82) is 0 Å². The average molecular weight is 491 g/mol. The minimum absolute atomic E-state index is 0. The fourth-order valence-corrected chi connectivity index (χ4v) is 3.45. The normalized spacial score (nSPS) is 16.8. The smallest absolute Gasteiger partial charge is 0.228 e. The minimum Gasteiger partial charge on any atom is -0.356 e. The molecule has 7 nitrogen and oxygen atoms in total. The summed E-state index contributed by atoms with van der Waals surface area (Å²) in [6, 6.07) is 11.5. The second-order valence-corrected chi connectivity index (χ2v) is 7.13. The van der Waals surface area contributed by atoms with Crippen LogP contribution in [0.2, 0.25) is 0 Å². The van der Waals surface area contributed by atoms with E-state index in [1.54, 1.807) is 12.4 Å². The summed E-state index contributed by atoms with van der Waals surface area (Å²) < 4.78 is 0. The van der Waals surface area contributed by atoms with E-state index in [2.05, 4.69) is 25.9 Å². The van der Waals surface area contributed by atoms with Gasteiger partial charge in [0.1, 0.15) is 0 Å². The first kappa shape index (κ1) is 29.1. The minimum atomic E-state index is -0.681. The molecular weight excluding hydrogens is 461 g/mol. The average Bonchev–Trinajstić information content (AvgIpc) is 3.19. The maximum Gasteiger partial charge on any atom is 0.228 e. The molecule has 1 saturated heterocycles. The molecule has 1 unspecified atom stereocenters. The van der Waals surface area contributed by atoms with Crippen LogP contribution in [0.15, 0.2) is 48.8 Å². The lowest BCUT2D eigenvalue weighted by atomic mass is 9.82. The van der Waals surface area contributed by atoms with Crippen molar-refractivity contribution in [3.63, 3.8) is 0 Å². The van der Waals surface area contributed by atoms with Crippen molar-refractivity contribution in [1.82, 2.24) is 25.9 Å². The Labute approximate surface area is 201 Å². The largest absolute Gasteiger partial charge is 0.356 e. The van der Waals surface area contributed by atoms with Gasteiger partial charge in [0.2, 0.25) is 11.8 Å². The maximum atomic E-state index is 12.8. The van der Waals surface area contributed by atoms with Gasteiger partial charge in [-0.25, -0.2) is 0 Å².